The second kappa shape index (κ2) is 5.84. The van der Waals surface area contributed by atoms with Gasteiger partial charge in [0.1, 0.15) is 0 Å². The number of nitrogens with one attached hydrogen (secondary N) is 2. The van der Waals surface area contributed by atoms with Crippen molar-refractivity contribution in [3.8, 4) is 0 Å². The van der Waals surface area contributed by atoms with Crippen LogP contribution < -0.4 is 10.6 Å². The van der Waals surface area contributed by atoms with E-state index in [1.807, 2.05) is 0 Å². The van der Waals surface area contributed by atoms with E-state index in [2.05, 4.69) is 17.6 Å². The molecule has 2 N–H and O–H groups in total. The Kier molecular flexibility index (Phi) is 4.65. The summed E-state index contributed by atoms with van der Waals surface area (Å²) in [6.07, 6.45) is 6.25. The van der Waals surface area contributed by atoms with Crippen molar-refractivity contribution in [2.75, 3.05) is 13.1 Å². The predicted molar refractivity (Wildman–Crippen MR) is 53.7 cm³/mol. The van der Waals surface area contributed by atoms with Crippen LogP contribution in [0.25, 0.3) is 0 Å². The van der Waals surface area contributed by atoms with Crippen molar-refractivity contribution in [3.63, 3.8) is 0 Å². The molecule has 0 atom stereocenters. The smallest absolute Gasteiger partial charge is 0.314 e. The van der Waals surface area contributed by atoms with Gasteiger partial charge in [-0.3, -0.25) is 0 Å². The van der Waals surface area contributed by atoms with Crippen LogP contribution in [0.3, 0.4) is 0 Å². The third-order valence-corrected chi connectivity index (χ3v) is 2.60. The lowest BCUT2D eigenvalue weighted by Crippen LogP contribution is -2.37. The minimum Gasteiger partial charge on any atom is -0.338 e. The minimum absolute atomic E-state index is 0.0128. The zero-order chi connectivity index (χ0) is 9.52. The van der Waals surface area contributed by atoms with Crippen LogP contribution in [0, 0.1) is 5.92 Å². The summed E-state index contributed by atoms with van der Waals surface area (Å²) in [6.45, 7) is 3.66. The van der Waals surface area contributed by atoms with Crippen molar-refractivity contribution < 1.29 is 4.79 Å². The van der Waals surface area contributed by atoms with E-state index in [1.54, 1.807) is 0 Å². The first-order chi connectivity index (χ1) is 6.33. The molecule has 1 saturated carbocycles. The van der Waals surface area contributed by atoms with Crippen LogP contribution in [0.1, 0.15) is 39.0 Å². The predicted octanol–water partition coefficient (Wildman–Crippen LogP) is 1.89. The van der Waals surface area contributed by atoms with Gasteiger partial charge < -0.3 is 10.6 Å². The molecule has 0 aromatic heterocycles. The summed E-state index contributed by atoms with van der Waals surface area (Å²) in [5, 5.41) is 5.66. The normalized spacial score (nSPS) is 16.4. The second-order valence-electron chi connectivity index (χ2n) is 3.77. The van der Waals surface area contributed by atoms with E-state index in [0.29, 0.717) is 0 Å². The van der Waals surface area contributed by atoms with Gasteiger partial charge in [0, 0.05) is 13.1 Å². The van der Waals surface area contributed by atoms with Crippen LogP contribution in [0.2, 0.25) is 0 Å². The van der Waals surface area contributed by atoms with Gasteiger partial charge in [0.15, 0.2) is 0 Å². The highest BCUT2D eigenvalue weighted by molar-refractivity contribution is 5.73. The maximum Gasteiger partial charge on any atom is 0.314 e. The molecule has 1 aliphatic rings. The van der Waals surface area contributed by atoms with Crippen LogP contribution >= 0.6 is 0 Å². The first kappa shape index (κ1) is 10.4. The Hall–Kier alpha value is -0.730. The third-order valence-electron chi connectivity index (χ3n) is 2.60. The number of rotatable bonds is 5. The number of hydrogen-bond donors (Lipinski definition) is 2. The molecule has 0 saturated heterocycles. The maximum absolute atomic E-state index is 11.1. The molecule has 1 fully saturated rings. The van der Waals surface area contributed by atoms with Gasteiger partial charge in [0.25, 0.3) is 0 Å². The Balaban J connectivity index is 1.88. The lowest BCUT2D eigenvalue weighted by Gasteiger charge is -2.25. The average Bonchev–Trinajstić information content (AvgIpc) is 2.06. The van der Waals surface area contributed by atoms with Gasteiger partial charge in [-0.15, -0.1) is 0 Å². The van der Waals surface area contributed by atoms with Crippen LogP contribution in [0.5, 0.6) is 0 Å². The monoisotopic (exact) mass is 184 g/mol. The first-order valence-electron chi connectivity index (χ1n) is 5.34. The summed E-state index contributed by atoms with van der Waals surface area (Å²) in [5.41, 5.74) is 0. The fourth-order valence-electron chi connectivity index (χ4n) is 1.47. The topological polar surface area (TPSA) is 41.1 Å². The lowest BCUT2D eigenvalue weighted by molar-refractivity contribution is 0.237. The van der Waals surface area contributed by atoms with Gasteiger partial charge in [0.05, 0.1) is 0 Å². The van der Waals surface area contributed by atoms with Crippen LogP contribution in [-0.2, 0) is 0 Å². The van der Waals surface area contributed by atoms with Crippen molar-refractivity contribution in [1.82, 2.24) is 10.6 Å². The molecular weight excluding hydrogens is 164 g/mol. The van der Waals surface area contributed by atoms with E-state index in [4.69, 9.17) is 0 Å². The van der Waals surface area contributed by atoms with Gasteiger partial charge in [-0.1, -0.05) is 26.2 Å². The highest BCUT2D eigenvalue weighted by atomic mass is 16.2. The molecule has 76 valence electrons. The van der Waals surface area contributed by atoms with Gasteiger partial charge in [-0.05, 0) is 18.8 Å². The molecule has 0 spiro atoms. The second-order valence-corrected chi connectivity index (χ2v) is 3.77. The lowest BCUT2D eigenvalue weighted by atomic mass is 9.83. The van der Waals surface area contributed by atoms with E-state index < -0.39 is 0 Å². The molecule has 0 heterocycles. The molecule has 2 amide bonds. The van der Waals surface area contributed by atoms with Crippen molar-refractivity contribution in [2.24, 2.45) is 5.92 Å². The largest absolute Gasteiger partial charge is 0.338 e. The number of hydrogen-bond acceptors (Lipinski definition) is 1. The summed E-state index contributed by atoms with van der Waals surface area (Å²) < 4.78 is 0. The highest BCUT2D eigenvalue weighted by Crippen LogP contribution is 2.28. The summed E-state index contributed by atoms with van der Waals surface area (Å²) in [7, 11) is 0. The van der Waals surface area contributed by atoms with E-state index in [-0.39, 0.29) is 6.03 Å². The quantitative estimate of drug-likeness (QED) is 0.673. The Morgan fingerprint density at radius 2 is 2.00 bits per heavy atom. The molecule has 0 unspecified atom stereocenters. The molecule has 0 bridgehead atoms. The Morgan fingerprint density at radius 1 is 1.31 bits per heavy atom. The van der Waals surface area contributed by atoms with Crippen molar-refractivity contribution in [2.45, 2.75) is 39.0 Å². The molecule has 3 heteroatoms. The van der Waals surface area contributed by atoms with Gasteiger partial charge in [-0.25, -0.2) is 4.79 Å². The molecule has 13 heavy (non-hydrogen) atoms. The molecule has 3 nitrogen and oxygen atoms in total. The van der Waals surface area contributed by atoms with E-state index in [0.717, 1.165) is 31.8 Å². The van der Waals surface area contributed by atoms with E-state index in [1.165, 1.54) is 19.3 Å². The minimum atomic E-state index is -0.0128. The van der Waals surface area contributed by atoms with Crippen LogP contribution in [0.15, 0.2) is 0 Å². The number of amides is 2. The molecule has 0 radical (unpaired) electrons. The fraction of sp³-hybridized carbons (Fsp3) is 0.900. The molecule has 0 aromatic carbocycles. The Labute approximate surface area is 80.3 Å². The molecule has 0 aliphatic heterocycles. The maximum atomic E-state index is 11.1. The zero-order valence-corrected chi connectivity index (χ0v) is 8.44. The standard InChI is InChI=1S/C10H20N2O/c1-2-7-11-10(13)12-8-6-9-4-3-5-9/h9H,2-8H2,1H3,(H2,11,12,13). The summed E-state index contributed by atoms with van der Waals surface area (Å²) in [4.78, 5) is 11.1. The van der Waals surface area contributed by atoms with Gasteiger partial charge >= 0.3 is 6.03 Å². The summed E-state index contributed by atoms with van der Waals surface area (Å²) >= 11 is 0. The fourth-order valence-corrected chi connectivity index (χ4v) is 1.47. The molecule has 1 aliphatic carbocycles. The van der Waals surface area contributed by atoms with E-state index >= 15 is 0 Å². The third kappa shape index (κ3) is 4.15. The van der Waals surface area contributed by atoms with E-state index in [9.17, 15) is 4.79 Å². The van der Waals surface area contributed by atoms with Crippen LogP contribution in [-0.4, -0.2) is 19.1 Å². The molecular formula is C10H20N2O. The highest BCUT2D eigenvalue weighted by Gasteiger charge is 2.16. The SMILES string of the molecule is CCCNC(=O)NCCC1CCC1. The zero-order valence-electron chi connectivity index (χ0n) is 8.44. The molecule has 0 aromatic rings. The van der Waals surface area contributed by atoms with Crippen molar-refractivity contribution in [3.05, 3.63) is 0 Å². The van der Waals surface area contributed by atoms with Crippen molar-refractivity contribution >= 4 is 6.03 Å². The Bertz CT molecular complexity index is 155. The first-order valence-corrected chi connectivity index (χ1v) is 5.34. The number of carbonyl (C=O) groups excluding carboxylic acids is 1. The Morgan fingerprint density at radius 3 is 2.54 bits per heavy atom. The number of carbonyl (C=O) groups is 1. The van der Waals surface area contributed by atoms with Crippen LogP contribution in [0.4, 0.5) is 4.79 Å². The number of urea groups is 1. The summed E-state index contributed by atoms with van der Waals surface area (Å²) in [5.74, 6) is 0.881. The van der Waals surface area contributed by atoms with Crippen molar-refractivity contribution in [1.29, 1.82) is 0 Å². The van der Waals surface area contributed by atoms with Gasteiger partial charge in [-0.2, -0.15) is 0 Å². The average molecular weight is 184 g/mol. The van der Waals surface area contributed by atoms with Gasteiger partial charge in [0.2, 0.25) is 0 Å². The summed E-state index contributed by atoms with van der Waals surface area (Å²) in [6, 6.07) is -0.0128. The molecule has 1 rings (SSSR count).